The molecule has 1 amide bonds. The van der Waals surface area contributed by atoms with Crippen LogP contribution < -0.4 is 5.32 Å². The first kappa shape index (κ1) is 15.2. The van der Waals surface area contributed by atoms with Crippen LogP contribution in [-0.4, -0.2) is 34.1 Å². The molecule has 0 unspecified atom stereocenters. The van der Waals surface area contributed by atoms with Crippen molar-refractivity contribution in [2.24, 2.45) is 0 Å². The lowest BCUT2D eigenvalue weighted by molar-refractivity contribution is -0.384. The molecule has 0 saturated carbocycles. The van der Waals surface area contributed by atoms with Gasteiger partial charge in [-0.05, 0) is 25.0 Å². The van der Waals surface area contributed by atoms with Crippen molar-refractivity contribution >= 4 is 34.9 Å². The van der Waals surface area contributed by atoms with Gasteiger partial charge in [0, 0.05) is 11.8 Å². The summed E-state index contributed by atoms with van der Waals surface area (Å²) in [5.74, 6) is -1.66. The largest absolute Gasteiger partial charge is 0.479 e. The summed E-state index contributed by atoms with van der Waals surface area (Å²) in [6.07, 6.45) is -1.37. The van der Waals surface area contributed by atoms with Crippen LogP contribution in [0.2, 0.25) is 5.02 Å². The van der Waals surface area contributed by atoms with Crippen LogP contribution in [-0.2, 0) is 14.3 Å². The second-order valence-corrected chi connectivity index (χ2v) is 4.85. The van der Waals surface area contributed by atoms with Gasteiger partial charge in [0.15, 0.2) is 6.10 Å². The zero-order valence-electron chi connectivity index (χ0n) is 10.6. The fourth-order valence-corrected chi connectivity index (χ4v) is 2.15. The molecule has 1 fully saturated rings. The number of carboxylic acids is 1. The number of nitrogens with zero attached hydrogens (tertiary/aromatic N) is 1. The van der Waals surface area contributed by atoms with Gasteiger partial charge in [0.25, 0.3) is 11.6 Å². The number of anilines is 1. The number of hydrogen-bond donors (Lipinski definition) is 2. The van der Waals surface area contributed by atoms with Crippen molar-refractivity contribution in [3.63, 3.8) is 0 Å². The van der Waals surface area contributed by atoms with E-state index in [1.54, 1.807) is 0 Å². The molecule has 0 radical (unpaired) electrons. The lowest BCUT2D eigenvalue weighted by atomic mass is 10.2. The first-order chi connectivity index (χ1) is 9.88. The highest BCUT2D eigenvalue weighted by molar-refractivity contribution is 6.32. The van der Waals surface area contributed by atoms with Crippen LogP contribution in [0.1, 0.15) is 12.8 Å². The van der Waals surface area contributed by atoms with Gasteiger partial charge in [0.05, 0.1) is 4.92 Å². The van der Waals surface area contributed by atoms with Crippen molar-refractivity contribution in [2.75, 3.05) is 5.32 Å². The molecule has 1 saturated heterocycles. The number of carboxylic acid groups (broad SMARTS) is 1. The second-order valence-electron chi connectivity index (χ2n) is 4.44. The Morgan fingerprint density at radius 3 is 2.62 bits per heavy atom. The molecule has 2 atom stereocenters. The van der Waals surface area contributed by atoms with Gasteiger partial charge in [0.2, 0.25) is 0 Å². The highest BCUT2D eigenvalue weighted by Gasteiger charge is 2.34. The third-order valence-electron chi connectivity index (χ3n) is 3.00. The van der Waals surface area contributed by atoms with E-state index in [1.807, 2.05) is 0 Å². The average Bonchev–Trinajstić information content (AvgIpc) is 2.90. The van der Waals surface area contributed by atoms with E-state index in [0.717, 1.165) is 6.07 Å². The van der Waals surface area contributed by atoms with Gasteiger partial charge in [-0.3, -0.25) is 14.9 Å². The van der Waals surface area contributed by atoms with E-state index in [-0.39, 0.29) is 29.2 Å². The van der Waals surface area contributed by atoms with Crippen LogP contribution in [0.25, 0.3) is 0 Å². The number of carbonyl (C=O) groups is 2. The van der Waals surface area contributed by atoms with Gasteiger partial charge >= 0.3 is 5.97 Å². The molecule has 0 aliphatic carbocycles. The minimum atomic E-state index is -1.12. The Bertz CT molecular complexity index is 605. The second kappa shape index (κ2) is 6.06. The predicted octanol–water partition coefficient (Wildman–Crippen LogP) is 1.82. The number of carbonyl (C=O) groups excluding carboxylic acids is 1. The van der Waals surface area contributed by atoms with E-state index < -0.39 is 29.0 Å². The molecule has 1 aromatic carbocycles. The summed E-state index contributed by atoms with van der Waals surface area (Å²) in [7, 11) is 0. The summed E-state index contributed by atoms with van der Waals surface area (Å²) in [6, 6.07) is 3.84. The standard InChI is InChI=1S/C12H11ClN2O6/c13-7-2-1-6(5-8(7)15(19)20)14-11(16)9-3-4-10(21-9)12(17)18/h1-2,5,9-10H,3-4H2,(H,14,16)(H,17,18)/t9-,10+/m0/s1. The molecule has 21 heavy (non-hydrogen) atoms. The van der Waals surface area contributed by atoms with Gasteiger partial charge in [-0.15, -0.1) is 0 Å². The van der Waals surface area contributed by atoms with E-state index >= 15 is 0 Å². The molecular weight excluding hydrogens is 304 g/mol. The van der Waals surface area contributed by atoms with Crippen molar-refractivity contribution in [2.45, 2.75) is 25.0 Å². The fraction of sp³-hybridized carbons (Fsp3) is 0.333. The summed E-state index contributed by atoms with van der Waals surface area (Å²) in [6.45, 7) is 0. The maximum atomic E-state index is 11.9. The Balaban J connectivity index is 2.05. The van der Waals surface area contributed by atoms with Crippen LogP contribution in [0.4, 0.5) is 11.4 Å². The summed E-state index contributed by atoms with van der Waals surface area (Å²) in [4.78, 5) is 32.7. The number of nitrogens with one attached hydrogen (secondary N) is 1. The summed E-state index contributed by atoms with van der Waals surface area (Å²) >= 11 is 5.66. The van der Waals surface area contributed by atoms with Crippen LogP contribution in [0.3, 0.4) is 0 Å². The molecule has 2 rings (SSSR count). The topological polar surface area (TPSA) is 119 Å². The Morgan fingerprint density at radius 2 is 2.05 bits per heavy atom. The predicted molar refractivity (Wildman–Crippen MR) is 72.3 cm³/mol. The molecule has 0 spiro atoms. The van der Waals surface area contributed by atoms with E-state index in [1.165, 1.54) is 12.1 Å². The third-order valence-corrected chi connectivity index (χ3v) is 3.32. The Labute approximate surface area is 123 Å². The van der Waals surface area contributed by atoms with Crippen molar-refractivity contribution in [1.29, 1.82) is 0 Å². The third kappa shape index (κ3) is 3.47. The summed E-state index contributed by atoms with van der Waals surface area (Å²) in [5, 5.41) is 21.9. The fourth-order valence-electron chi connectivity index (χ4n) is 1.96. The first-order valence-electron chi connectivity index (χ1n) is 6.01. The summed E-state index contributed by atoms with van der Waals surface area (Å²) in [5.41, 5.74) is -0.135. The minimum Gasteiger partial charge on any atom is -0.479 e. The smallest absolute Gasteiger partial charge is 0.332 e. The van der Waals surface area contributed by atoms with Crippen LogP contribution in [0.15, 0.2) is 18.2 Å². The van der Waals surface area contributed by atoms with Crippen molar-refractivity contribution in [3.05, 3.63) is 33.3 Å². The monoisotopic (exact) mass is 314 g/mol. The summed E-state index contributed by atoms with van der Waals surface area (Å²) < 4.78 is 5.09. The van der Waals surface area contributed by atoms with Gasteiger partial charge in [0.1, 0.15) is 11.1 Å². The number of benzene rings is 1. The molecule has 1 aromatic rings. The lowest BCUT2D eigenvalue weighted by Gasteiger charge is -2.11. The SMILES string of the molecule is O=C(Nc1ccc(Cl)c([N+](=O)[O-])c1)[C@@H]1CC[C@H](C(=O)O)O1. The Kier molecular flexibility index (Phi) is 4.39. The van der Waals surface area contributed by atoms with E-state index in [0.29, 0.717) is 0 Å². The molecule has 0 aromatic heterocycles. The van der Waals surface area contributed by atoms with Gasteiger partial charge in [-0.1, -0.05) is 11.6 Å². The van der Waals surface area contributed by atoms with Crippen molar-refractivity contribution in [1.82, 2.24) is 0 Å². The number of amides is 1. The lowest BCUT2D eigenvalue weighted by Crippen LogP contribution is -2.29. The highest BCUT2D eigenvalue weighted by atomic mass is 35.5. The molecule has 9 heteroatoms. The van der Waals surface area contributed by atoms with Crippen LogP contribution in [0.5, 0.6) is 0 Å². The normalized spacial score (nSPS) is 21.0. The van der Waals surface area contributed by atoms with Gasteiger partial charge < -0.3 is 15.2 Å². The highest BCUT2D eigenvalue weighted by Crippen LogP contribution is 2.28. The number of rotatable bonds is 4. The van der Waals surface area contributed by atoms with Crippen LogP contribution >= 0.6 is 11.6 Å². The molecule has 1 aliphatic heterocycles. The zero-order valence-corrected chi connectivity index (χ0v) is 11.4. The number of ether oxygens (including phenoxy) is 1. The maximum absolute atomic E-state index is 11.9. The van der Waals surface area contributed by atoms with E-state index in [2.05, 4.69) is 5.32 Å². The Hall–Kier alpha value is -2.19. The number of hydrogen-bond acceptors (Lipinski definition) is 5. The molecular formula is C12H11ClN2O6. The molecule has 112 valence electrons. The number of aliphatic carboxylic acids is 1. The van der Waals surface area contributed by atoms with Gasteiger partial charge in [-0.2, -0.15) is 0 Å². The van der Waals surface area contributed by atoms with E-state index in [4.69, 9.17) is 21.4 Å². The Morgan fingerprint density at radius 1 is 1.38 bits per heavy atom. The molecule has 8 nitrogen and oxygen atoms in total. The van der Waals surface area contributed by atoms with E-state index in [9.17, 15) is 19.7 Å². The van der Waals surface area contributed by atoms with Crippen molar-refractivity contribution in [3.8, 4) is 0 Å². The number of nitro benzene ring substituents is 1. The van der Waals surface area contributed by atoms with Crippen LogP contribution in [0, 0.1) is 10.1 Å². The first-order valence-corrected chi connectivity index (χ1v) is 6.39. The molecule has 0 bridgehead atoms. The minimum absolute atomic E-state index is 0.0407. The van der Waals surface area contributed by atoms with Crippen molar-refractivity contribution < 1.29 is 24.4 Å². The average molecular weight is 315 g/mol. The maximum Gasteiger partial charge on any atom is 0.332 e. The van der Waals surface area contributed by atoms with Gasteiger partial charge in [-0.25, -0.2) is 4.79 Å². The zero-order chi connectivity index (χ0) is 15.6. The molecule has 2 N–H and O–H groups in total. The molecule has 1 aliphatic rings. The number of halogens is 1. The number of nitro groups is 1. The molecule has 1 heterocycles. The quantitative estimate of drug-likeness (QED) is 0.646.